The lowest BCUT2D eigenvalue weighted by molar-refractivity contribution is -0.212. The number of esters is 1. The van der Waals surface area contributed by atoms with Crippen LogP contribution in [0.15, 0.2) is 72.3 Å². The van der Waals surface area contributed by atoms with Crippen LogP contribution in [0, 0.1) is 56.7 Å². The maximum absolute atomic E-state index is 15.5. The molecule has 0 aliphatic heterocycles. The number of nitrogens with one attached hydrogen (secondary N) is 1. The molecule has 2 aromatic rings. The maximum Gasteiger partial charge on any atom is 0.452 e. The molecular formula is C49H70NO6P. The summed E-state index contributed by atoms with van der Waals surface area (Å²) in [7, 11) is -3.98. The SMILES string of the molecule is CCCCC(NC(=O)[C@]12CC[C@@H](C)[C@H](C)[C@H]1C1=CC[C@@H]3[C@@]4(C)CC[C@H](OC(C)=O)C(C)(C)[C@@H]4CC[C@@]3(C)[C@]1(C)CC2)P(=O)(Oc1ccccc1)Oc1ccccc1. The number of carbonyl (C=O) groups excluding carboxylic acids is 2. The highest BCUT2D eigenvalue weighted by Crippen LogP contribution is 2.76. The third-order valence-electron chi connectivity index (χ3n) is 17.2. The van der Waals surface area contributed by atoms with Gasteiger partial charge in [0.25, 0.3) is 0 Å². The third-order valence-corrected chi connectivity index (χ3v) is 19.2. The molecule has 7 nitrogen and oxygen atoms in total. The van der Waals surface area contributed by atoms with Crippen molar-refractivity contribution in [2.75, 3.05) is 0 Å². The number of hydrogen-bond acceptors (Lipinski definition) is 6. The number of hydrogen-bond donors (Lipinski definition) is 1. The minimum atomic E-state index is -3.98. The van der Waals surface area contributed by atoms with Gasteiger partial charge in [-0.1, -0.05) is 116 Å². The topological polar surface area (TPSA) is 90.9 Å². The van der Waals surface area contributed by atoms with Crippen molar-refractivity contribution in [2.45, 2.75) is 151 Å². The van der Waals surface area contributed by atoms with E-state index in [0.29, 0.717) is 41.6 Å². The molecule has 4 fully saturated rings. The van der Waals surface area contributed by atoms with E-state index in [4.69, 9.17) is 13.8 Å². The molecule has 2 aromatic carbocycles. The Morgan fingerprint density at radius 1 is 0.825 bits per heavy atom. The summed E-state index contributed by atoms with van der Waals surface area (Å²) in [5.41, 5.74) is 0.944. The molecule has 0 aromatic heterocycles. The second-order valence-electron chi connectivity index (χ2n) is 20.2. The van der Waals surface area contributed by atoms with Gasteiger partial charge in [0, 0.05) is 12.3 Å². The fourth-order valence-electron chi connectivity index (χ4n) is 13.7. The standard InChI is InChI=1S/C49H70NO6P/c1-10-11-22-42(57(53,55-36-18-14-12-15-19-36)56-37-20-16-13-17-21-37)50-44(52)49-30-25-33(2)34(3)43(49)38-23-24-40-46(7)28-27-41(54-35(4)51)45(5,6)39(46)26-29-48(40,9)47(38,8)31-32-49/h12-21,23,33-34,39-43H,10-11,22,24-32H2,1-9H3,(H,50,52)/t33-,34+,39+,40-,41+,42?,43+,46+,47-,48-,49+/m1/s1. The van der Waals surface area contributed by atoms with Gasteiger partial charge in [-0.05, 0) is 134 Å². The monoisotopic (exact) mass is 799 g/mol. The summed E-state index contributed by atoms with van der Waals surface area (Å²) in [5.74, 6) is 1.81. The first kappa shape index (κ1) is 42.1. The Kier molecular flexibility index (Phi) is 11.5. The van der Waals surface area contributed by atoms with Crippen molar-refractivity contribution in [1.29, 1.82) is 0 Å². The normalized spacial score (nSPS) is 37.5. The van der Waals surface area contributed by atoms with E-state index in [2.05, 4.69) is 66.8 Å². The van der Waals surface area contributed by atoms with Crippen molar-refractivity contribution < 1.29 is 27.9 Å². The van der Waals surface area contributed by atoms with E-state index >= 15 is 9.36 Å². The van der Waals surface area contributed by atoms with Crippen LogP contribution in [0.1, 0.15) is 139 Å². The van der Waals surface area contributed by atoms with E-state index in [1.54, 1.807) is 31.2 Å². The number of allylic oxidation sites excluding steroid dienone is 2. The van der Waals surface area contributed by atoms with Crippen molar-refractivity contribution >= 4 is 19.5 Å². The Morgan fingerprint density at radius 2 is 1.46 bits per heavy atom. The minimum Gasteiger partial charge on any atom is -0.462 e. The highest BCUT2D eigenvalue weighted by atomic mass is 31.2. The number of para-hydroxylation sites is 2. The van der Waals surface area contributed by atoms with Crippen LogP contribution >= 0.6 is 7.60 Å². The summed E-state index contributed by atoms with van der Waals surface area (Å²) in [6.07, 6.45) is 13.5. The Labute approximate surface area is 343 Å². The van der Waals surface area contributed by atoms with Crippen molar-refractivity contribution in [3.63, 3.8) is 0 Å². The van der Waals surface area contributed by atoms with Crippen molar-refractivity contribution in [2.24, 2.45) is 56.7 Å². The van der Waals surface area contributed by atoms with Crippen LogP contribution in [-0.2, 0) is 18.9 Å². The zero-order chi connectivity index (χ0) is 41.0. The molecule has 0 spiro atoms. The van der Waals surface area contributed by atoms with Gasteiger partial charge in [0.1, 0.15) is 17.6 Å². The Balaban J connectivity index is 1.24. The fourth-order valence-corrected chi connectivity index (χ4v) is 15.6. The summed E-state index contributed by atoms with van der Waals surface area (Å²) in [4.78, 5) is 27.7. The second-order valence-corrected chi connectivity index (χ2v) is 22.3. The molecule has 7 rings (SSSR count). The van der Waals surface area contributed by atoms with E-state index in [0.717, 1.165) is 70.6 Å². The summed E-state index contributed by atoms with van der Waals surface area (Å²) >= 11 is 0. The first-order valence-corrected chi connectivity index (χ1v) is 23.8. The van der Waals surface area contributed by atoms with Gasteiger partial charge in [0.05, 0.1) is 5.41 Å². The van der Waals surface area contributed by atoms with Gasteiger partial charge in [-0.25, -0.2) is 4.57 Å². The molecule has 1 N–H and O–H groups in total. The number of amides is 1. The average molecular weight is 800 g/mol. The molecule has 4 saturated carbocycles. The quantitative estimate of drug-likeness (QED) is 0.138. The molecule has 11 atom stereocenters. The first-order valence-electron chi connectivity index (χ1n) is 22.2. The largest absolute Gasteiger partial charge is 0.462 e. The van der Waals surface area contributed by atoms with E-state index in [1.807, 2.05) is 36.4 Å². The van der Waals surface area contributed by atoms with E-state index in [1.165, 1.54) is 5.57 Å². The lowest BCUT2D eigenvalue weighted by Gasteiger charge is -2.71. The van der Waals surface area contributed by atoms with Gasteiger partial charge in [-0.15, -0.1) is 0 Å². The summed E-state index contributed by atoms with van der Waals surface area (Å²) < 4.78 is 34.0. The predicted molar refractivity (Wildman–Crippen MR) is 228 cm³/mol. The lowest BCUT2D eigenvalue weighted by Crippen LogP contribution is -2.66. The van der Waals surface area contributed by atoms with Crippen LogP contribution in [0.3, 0.4) is 0 Å². The van der Waals surface area contributed by atoms with E-state index in [9.17, 15) is 4.79 Å². The molecule has 57 heavy (non-hydrogen) atoms. The molecule has 1 amide bonds. The van der Waals surface area contributed by atoms with E-state index in [-0.39, 0.29) is 45.6 Å². The van der Waals surface area contributed by atoms with Crippen LogP contribution in [0.4, 0.5) is 0 Å². The third kappa shape index (κ3) is 7.02. The fraction of sp³-hybridized carbons (Fsp3) is 0.673. The highest BCUT2D eigenvalue weighted by Gasteiger charge is 2.70. The number of fused-ring (bicyclic) bond motifs is 7. The van der Waals surface area contributed by atoms with Gasteiger partial charge >= 0.3 is 13.6 Å². The summed E-state index contributed by atoms with van der Waals surface area (Å²) in [6.45, 7) is 20.8. The first-order chi connectivity index (χ1) is 26.9. The van der Waals surface area contributed by atoms with Gasteiger partial charge in [0.15, 0.2) is 5.78 Å². The highest BCUT2D eigenvalue weighted by molar-refractivity contribution is 7.55. The molecule has 0 heterocycles. The Hall–Kier alpha value is -3.05. The molecule has 1 unspecified atom stereocenters. The molecular weight excluding hydrogens is 730 g/mol. The predicted octanol–water partition coefficient (Wildman–Crippen LogP) is 12.6. The second kappa shape index (κ2) is 15.5. The smallest absolute Gasteiger partial charge is 0.452 e. The van der Waals surface area contributed by atoms with Crippen LogP contribution < -0.4 is 14.4 Å². The van der Waals surface area contributed by atoms with Crippen molar-refractivity contribution in [3.8, 4) is 11.5 Å². The van der Waals surface area contributed by atoms with Crippen LogP contribution in [0.5, 0.6) is 11.5 Å². The molecule has 0 bridgehead atoms. The van der Waals surface area contributed by atoms with E-state index < -0.39 is 18.8 Å². The average Bonchev–Trinajstić information content (AvgIpc) is 3.16. The molecule has 0 radical (unpaired) electrons. The van der Waals surface area contributed by atoms with Crippen molar-refractivity contribution in [3.05, 3.63) is 72.3 Å². The molecule has 5 aliphatic carbocycles. The zero-order valence-corrected chi connectivity index (χ0v) is 37.2. The van der Waals surface area contributed by atoms with Gasteiger partial charge < -0.3 is 19.1 Å². The number of ether oxygens (including phenoxy) is 1. The zero-order valence-electron chi connectivity index (χ0n) is 36.3. The molecule has 8 heteroatoms. The van der Waals surface area contributed by atoms with Crippen LogP contribution in [0.2, 0.25) is 0 Å². The number of carbonyl (C=O) groups is 2. The number of unbranched alkanes of at least 4 members (excludes halogenated alkanes) is 1. The number of rotatable bonds is 11. The molecule has 312 valence electrons. The van der Waals surface area contributed by atoms with Crippen molar-refractivity contribution in [1.82, 2.24) is 5.32 Å². The molecule has 0 saturated heterocycles. The van der Waals surface area contributed by atoms with Gasteiger partial charge in [0.2, 0.25) is 5.91 Å². The molecule has 5 aliphatic rings. The lowest BCUT2D eigenvalue weighted by atomic mass is 9.33. The Morgan fingerprint density at radius 3 is 2.05 bits per heavy atom. The summed E-state index contributed by atoms with van der Waals surface area (Å²) in [5, 5.41) is 3.46. The van der Waals surface area contributed by atoms with Crippen LogP contribution in [-0.4, -0.2) is 23.8 Å². The minimum absolute atomic E-state index is 0.0114. The Bertz CT molecular complexity index is 1820. The van der Waals surface area contributed by atoms with Gasteiger partial charge in [-0.3, -0.25) is 9.59 Å². The van der Waals surface area contributed by atoms with Crippen LogP contribution in [0.25, 0.3) is 0 Å². The summed E-state index contributed by atoms with van der Waals surface area (Å²) in [6, 6.07) is 18.4. The maximum atomic E-state index is 15.5. The van der Waals surface area contributed by atoms with Gasteiger partial charge in [-0.2, -0.15) is 0 Å². The number of benzene rings is 2.